The van der Waals surface area contributed by atoms with Crippen molar-refractivity contribution in [2.45, 2.75) is 39.8 Å². The van der Waals surface area contributed by atoms with E-state index in [1.165, 1.54) is 6.07 Å². The highest BCUT2D eigenvalue weighted by Gasteiger charge is 2.34. The quantitative estimate of drug-likeness (QED) is 0.665. The SMILES string of the molecule is CC(C)(C)[C@H](NC(=O)n1nc(-c2ccc(F)c(F)c2)c2c1CCOC2)C(=O)NCCO. The van der Waals surface area contributed by atoms with E-state index in [1.807, 2.05) is 0 Å². The van der Waals surface area contributed by atoms with Gasteiger partial charge in [0.2, 0.25) is 5.91 Å². The summed E-state index contributed by atoms with van der Waals surface area (Å²) in [6.07, 6.45) is 0.399. The van der Waals surface area contributed by atoms with Crippen LogP contribution in [-0.2, 0) is 22.6 Å². The van der Waals surface area contributed by atoms with E-state index in [0.717, 1.165) is 16.8 Å². The summed E-state index contributed by atoms with van der Waals surface area (Å²) >= 11 is 0. The molecule has 0 fully saturated rings. The van der Waals surface area contributed by atoms with Crippen LogP contribution in [0.1, 0.15) is 32.0 Å². The molecular formula is C21H26F2N4O4. The second-order valence-electron chi connectivity index (χ2n) is 8.38. The van der Waals surface area contributed by atoms with Crippen LogP contribution in [0.3, 0.4) is 0 Å². The van der Waals surface area contributed by atoms with Crippen LogP contribution in [0.25, 0.3) is 11.3 Å². The third-order valence-electron chi connectivity index (χ3n) is 5.01. The van der Waals surface area contributed by atoms with Gasteiger partial charge in [-0.3, -0.25) is 4.79 Å². The van der Waals surface area contributed by atoms with Gasteiger partial charge in [-0.15, -0.1) is 0 Å². The molecule has 1 aliphatic heterocycles. The molecule has 0 unspecified atom stereocenters. The third-order valence-corrected chi connectivity index (χ3v) is 5.01. The Hall–Kier alpha value is -2.85. The summed E-state index contributed by atoms with van der Waals surface area (Å²) in [6, 6.07) is 1.90. The molecule has 0 saturated heterocycles. The van der Waals surface area contributed by atoms with Crippen LogP contribution in [0.2, 0.25) is 0 Å². The number of halogens is 2. The Labute approximate surface area is 178 Å². The van der Waals surface area contributed by atoms with Crippen LogP contribution >= 0.6 is 0 Å². The molecule has 2 heterocycles. The van der Waals surface area contributed by atoms with E-state index in [0.29, 0.717) is 35.5 Å². The number of carbonyl (C=O) groups excluding carboxylic acids is 2. The van der Waals surface area contributed by atoms with Crippen molar-refractivity contribution in [3.8, 4) is 11.3 Å². The number of amides is 2. The van der Waals surface area contributed by atoms with Crippen molar-refractivity contribution in [1.29, 1.82) is 0 Å². The number of aliphatic hydroxyl groups excluding tert-OH is 1. The van der Waals surface area contributed by atoms with Crippen molar-refractivity contribution in [2.24, 2.45) is 5.41 Å². The van der Waals surface area contributed by atoms with Crippen molar-refractivity contribution in [3.63, 3.8) is 0 Å². The van der Waals surface area contributed by atoms with Crippen molar-refractivity contribution in [3.05, 3.63) is 41.1 Å². The Morgan fingerprint density at radius 3 is 2.68 bits per heavy atom. The number of rotatable bonds is 5. The molecule has 1 atom stereocenters. The highest BCUT2D eigenvalue weighted by atomic mass is 19.2. The first-order valence-corrected chi connectivity index (χ1v) is 9.97. The van der Waals surface area contributed by atoms with Crippen molar-refractivity contribution >= 4 is 11.9 Å². The maximum absolute atomic E-state index is 13.8. The molecule has 2 amide bonds. The van der Waals surface area contributed by atoms with Gasteiger partial charge in [0.25, 0.3) is 0 Å². The number of carbonyl (C=O) groups is 2. The first-order valence-electron chi connectivity index (χ1n) is 9.97. The van der Waals surface area contributed by atoms with Gasteiger partial charge in [0, 0.05) is 24.1 Å². The molecule has 1 aliphatic rings. The van der Waals surface area contributed by atoms with Crippen LogP contribution in [0.4, 0.5) is 13.6 Å². The molecule has 8 nitrogen and oxygen atoms in total. The first-order chi connectivity index (χ1) is 14.6. The molecule has 10 heteroatoms. The monoisotopic (exact) mass is 436 g/mol. The van der Waals surface area contributed by atoms with E-state index in [1.54, 1.807) is 20.8 Å². The molecule has 0 bridgehead atoms. The summed E-state index contributed by atoms with van der Waals surface area (Å²) in [5.41, 5.74) is 1.23. The summed E-state index contributed by atoms with van der Waals surface area (Å²) in [5, 5.41) is 18.6. The van der Waals surface area contributed by atoms with Crippen molar-refractivity contribution < 1.29 is 28.2 Å². The minimum absolute atomic E-state index is 0.0655. The molecule has 1 aromatic heterocycles. The molecule has 1 aromatic carbocycles. The normalized spacial score (nSPS) is 14.6. The summed E-state index contributed by atoms with van der Waals surface area (Å²) in [7, 11) is 0. The average Bonchev–Trinajstić information content (AvgIpc) is 3.11. The lowest BCUT2D eigenvalue weighted by Gasteiger charge is -2.30. The summed E-state index contributed by atoms with van der Waals surface area (Å²) in [6.45, 7) is 5.80. The van der Waals surface area contributed by atoms with Gasteiger partial charge >= 0.3 is 6.03 Å². The smallest absolute Gasteiger partial charge is 0.343 e. The molecule has 2 aromatic rings. The second-order valence-corrected chi connectivity index (χ2v) is 8.38. The van der Waals surface area contributed by atoms with Crippen LogP contribution in [-0.4, -0.2) is 52.6 Å². The fourth-order valence-electron chi connectivity index (χ4n) is 3.42. The van der Waals surface area contributed by atoms with Crippen LogP contribution in [0.5, 0.6) is 0 Å². The van der Waals surface area contributed by atoms with Gasteiger partial charge in [0.15, 0.2) is 11.6 Å². The first kappa shape index (κ1) is 22.8. The predicted molar refractivity (Wildman–Crippen MR) is 108 cm³/mol. The van der Waals surface area contributed by atoms with Crippen LogP contribution in [0, 0.1) is 17.0 Å². The number of aliphatic hydroxyl groups is 1. The van der Waals surface area contributed by atoms with Gasteiger partial charge in [0.1, 0.15) is 6.04 Å². The Bertz CT molecular complexity index is 984. The lowest BCUT2D eigenvalue weighted by Crippen LogP contribution is -2.55. The molecule has 0 spiro atoms. The van der Waals surface area contributed by atoms with Gasteiger partial charge < -0.3 is 20.5 Å². The van der Waals surface area contributed by atoms with Crippen molar-refractivity contribution in [1.82, 2.24) is 20.4 Å². The van der Waals surface area contributed by atoms with Crippen LogP contribution in [0.15, 0.2) is 18.2 Å². The molecule has 31 heavy (non-hydrogen) atoms. The van der Waals surface area contributed by atoms with E-state index < -0.39 is 35.0 Å². The van der Waals surface area contributed by atoms with Gasteiger partial charge in [-0.25, -0.2) is 13.6 Å². The zero-order chi connectivity index (χ0) is 22.8. The maximum atomic E-state index is 13.8. The number of ether oxygens (including phenoxy) is 1. The van der Waals surface area contributed by atoms with E-state index in [4.69, 9.17) is 9.84 Å². The van der Waals surface area contributed by atoms with E-state index in [-0.39, 0.29) is 19.8 Å². The summed E-state index contributed by atoms with van der Waals surface area (Å²) in [4.78, 5) is 25.6. The number of hydrogen-bond donors (Lipinski definition) is 3. The van der Waals surface area contributed by atoms with Gasteiger partial charge in [-0.05, 0) is 23.6 Å². The van der Waals surface area contributed by atoms with E-state index in [2.05, 4.69) is 15.7 Å². The average molecular weight is 436 g/mol. The number of fused-ring (bicyclic) bond motifs is 1. The topological polar surface area (TPSA) is 105 Å². The molecule has 168 valence electrons. The Morgan fingerprint density at radius 2 is 2.03 bits per heavy atom. The van der Waals surface area contributed by atoms with Gasteiger partial charge in [-0.2, -0.15) is 9.78 Å². The standard InChI is InChI=1S/C21H26F2N4O4/c1-21(2,3)18(19(29)24-7-8-28)25-20(30)27-16-6-9-31-11-13(16)17(26-27)12-4-5-14(22)15(23)10-12/h4-5,10,18,28H,6-9,11H2,1-3H3,(H,24,29)(H,25,30)/t18-/m1/s1. The Morgan fingerprint density at radius 1 is 1.29 bits per heavy atom. The molecule has 0 saturated carbocycles. The highest BCUT2D eigenvalue weighted by Crippen LogP contribution is 2.30. The number of nitrogens with one attached hydrogen (secondary N) is 2. The van der Waals surface area contributed by atoms with E-state index >= 15 is 0 Å². The molecule has 0 aliphatic carbocycles. The minimum Gasteiger partial charge on any atom is -0.395 e. The predicted octanol–water partition coefficient (Wildman–Crippen LogP) is 1.98. The third kappa shape index (κ3) is 4.91. The molecule has 3 rings (SSSR count). The second kappa shape index (κ2) is 9.11. The van der Waals surface area contributed by atoms with Crippen molar-refractivity contribution in [2.75, 3.05) is 19.8 Å². The number of benzene rings is 1. The summed E-state index contributed by atoms with van der Waals surface area (Å²) in [5.74, 6) is -2.43. The number of aromatic nitrogens is 2. The highest BCUT2D eigenvalue weighted by molar-refractivity contribution is 5.89. The number of hydrogen-bond acceptors (Lipinski definition) is 5. The Kier molecular flexibility index (Phi) is 6.71. The Balaban J connectivity index is 1.96. The fourth-order valence-corrected chi connectivity index (χ4v) is 3.42. The lowest BCUT2D eigenvalue weighted by molar-refractivity contribution is -0.125. The minimum atomic E-state index is -1.02. The van der Waals surface area contributed by atoms with Gasteiger partial charge in [0.05, 0.1) is 31.2 Å². The maximum Gasteiger partial charge on any atom is 0.343 e. The molecule has 3 N–H and O–H groups in total. The number of nitrogens with zero attached hydrogens (tertiary/aromatic N) is 2. The largest absolute Gasteiger partial charge is 0.395 e. The molecular weight excluding hydrogens is 410 g/mol. The zero-order valence-electron chi connectivity index (χ0n) is 17.7. The fraction of sp³-hybridized carbons (Fsp3) is 0.476. The lowest BCUT2D eigenvalue weighted by atomic mass is 9.86. The van der Waals surface area contributed by atoms with E-state index in [9.17, 15) is 18.4 Å². The molecule has 0 radical (unpaired) electrons. The summed E-state index contributed by atoms with van der Waals surface area (Å²) < 4.78 is 33.8. The van der Waals surface area contributed by atoms with Crippen LogP contribution < -0.4 is 10.6 Å². The zero-order valence-corrected chi connectivity index (χ0v) is 17.7. The van der Waals surface area contributed by atoms with Gasteiger partial charge in [-0.1, -0.05) is 20.8 Å².